The fourth-order valence-electron chi connectivity index (χ4n) is 1.60. The Balaban J connectivity index is 1.91. The SMILES string of the molecule is N#CCc1ccc(OCc2ccc(C#CCO)s2)cc1. The van der Waals surface area contributed by atoms with Gasteiger partial charge in [-0.1, -0.05) is 24.0 Å². The fourth-order valence-corrected chi connectivity index (χ4v) is 2.39. The molecule has 0 saturated heterocycles. The van der Waals surface area contributed by atoms with Crippen LogP contribution >= 0.6 is 11.3 Å². The molecule has 2 aromatic rings. The van der Waals surface area contributed by atoms with Gasteiger partial charge in [-0.2, -0.15) is 5.26 Å². The highest BCUT2D eigenvalue weighted by molar-refractivity contribution is 7.12. The van der Waals surface area contributed by atoms with Gasteiger partial charge < -0.3 is 9.84 Å². The summed E-state index contributed by atoms with van der Waals surface area (Å²) in [4.78, 5) is 2.00. The van der Waals surface area contributed by atoms with Gasteiger partial charge in [-0.3, -0.25) is 0 Å². The Morgan fingerprint density at radius 2 is 1.95 bits per heavy atom. The topological polar surface area (TPSA) is 53.2 Å². The molecule has 0 aliphatic heterocycles. The molecule has 0 unspecified atom stereocenters. The van der Waals surface area contributed by atoms with E-state index < -0.39 is 0 Å². The average molecular weight is 283 g/mol. The zero-order valence-corrected chi connectivity index (χ0v) is 11.6. The van der Waals surface area contributed by atoms with E-state index >= 15 is 0 Å². The summed E-state index contributed by atoms with van der Waals surface area (Å²) in [6.45, 7) is 0.363. The number of hydrogen-bond donors (Lipinski definition) is 1. The van der Waals surface area contributed by atoms with Gasteiger partial charge in [0.1, 0.15) is 19.0 Å². The van der Waals surface area contributed by atoms with Gasteiger partial charge >= 0.3 is 0 Å². The van der Waals surface area contributed by atoms with Crippen LogP contribution < -0.4 is 4.74 Å². The van der Waals surface area contributed by atoms with Crippen LogP contribution in [0.3, 0.4) is 0 Å². The first-order valence-corrected chi connectivity index (χ1v) is 6.90. The lowest BCUT2D eigenvalue weighted by Gasteiger charge is -2.04. The normalized spacial score (nSPS) is 9.40. The number of hydrogen-bond acceptors (Lipinski definition) is 4. The average Bonchev–Trinajstić information content (AvgIpc) is 2.93. The molecule has 0 atom stereocenters. The molecule has 0 aliphatic rings. The number of nitriles is 1. The smallest absolute Gasteiger partial charge is 0.122 e. The van der Waals surface area contributed by atoms with Gasteiger partial charge in [0, 0.05) is 4.88 Å². The van der Waals surface area contributed by atoms with E-state index in [1.54, 1.807) is 11.3 Å². The number of ether oxygens (including phenoxy) is 1. The van der Waals surface area contributed by atoms with Crippen LogP contribution in [-0.2, 0) is 13.0 Å². The van der Waals surface area contributed by atoms with E-state index in [1.807, 2.05) is 36.4 Å². The van der Waals surface area contributed by atoms with Crippen LogP contribution in [0.1, 0.15) is 15.3 Å². The number of rotatable bonds is 4. The van der Waals surface area contributed by atoms with Crippen molar-refractivity contribution < 1.29 is 9.84 Å². The molecular formula is C16H13NO2S. The summed E-state index contributed by atoms with van der Waals surface area (Å²) in [5, 5.41) is 17.2. The van der Waals surface area contributed by atoms with Crippen LogP contribution in [-0.4, -0.2) is 11.7 Å². The molecule has 0 amide bonds. The van der Waals surface area contributed by atoms with Gasteiger partial charge in [-0.15, -0.1) is 11.3 Å². The van der Waals surface area contributed by atoms with Crippen molar-refractivity contribution in [3.8, 4) is 23.7 Å². The third-order valence-corrected chi connectivity index (χ3v) is 3.51. The molecule has 1 heterocycles. The first kappa shape index (κ1) is 14.1. The van der Waals surface area contributed by atoms with Crippen LogP contribution in [0, 0.1) is 23.2 Å². The van der Waals surface area contributed by atoms with Gasteiger partial charge in [0.15, 0.2) is 0 Å². The summed E-state index contributed by atoms with van der Waals surface area (Å²) in [6, 6.07) is 13.5. The Hall–Kier alpha value is -2.27. The molecule has 0 bridgehead atoms. The molecule has 0 spiro atoms. The van der Waals surface area contributed by atoms with Crippen LogP contribution in [0.4, 0.5) is 0 Å². The fraction of sp³-hybridized carbons (Fsp3) is 0.188. The maximum atomic E-state index is 8.63. The molecule has 2 rings (SSSR count). The Kier molecular flexibility index (Phi) is 5.20. The van der Waals surface area contributed by atoms with Crippen LogP contribution in [0.2, 0.25) is 0 Å². The molecule has 3 nitrogen and oxygen atoms in total. The number of aliphatic hydroxyl groups is 1. The van der Waals surface area contributed by atoms with Crippen molar-refractivity contribution in [2.75, 3.05) is 6.61 Å². The highest BCUT2D eigenvalue weighted by Gasteiger charge is 2.00. The van der Waals surface area contributed by atoms with Gasteiger partial charge in [0.25, 0.3) is 0 Å². The molecule has 20 heavy (non-hydrogen) atoms. The Bertz CT molecular complexity index is 656. The molecule has 1 aromatic heterocycles. The maximum Gasteiger partial charge on any atom is 0.122 e. The van der Waals surface area contributed by atoms with Gasteiger partial charge in [-0.25, -0.2) is 0 Å². The van der Waals surface area contributed by atoms with E-state index in [9.17, 15) is 0 Å². The summed E-state index contributed by atoms with van der Waals surface area (Å²) < 4.78 is 5.67. The summed E-state index contributed by atoms with van der Waals surface area (Å²) in [6.07, 6.45) is 0.415. The monoisotopic (exact) mass is 283 g/mol. The number of thiophene rings is 1. The van der Waals surface area contributed by atoms with Gasteiger partial charge in [-0.05, 0) is 29.8 Å². The van der Waals surface area contributed by atoms with E-state index in [1.165, 1.54) is 0 Å². The molecule has 0 saturated carbocycles. The minimum atomic E-state index is -0.126. The third-order valence-electron chi connectivity index (χ3n) is 2.54. The summed E-state index contributed by atoms with van der Waals surface area (Å²) in [7, 11) is 0. The molecule has 4 heteroatoms. The predicted octanol–water partition coefficient (Wildman–Crippen LogP) is 2.74. The zero-order valence-electron chi connectivity index (χ0n) is 10.8. The predicted molar refractivity (Wildman–Crippen MR) is 78.4 cm³/mol. The van der Waals surface area contributed by atoms with Crippen LogP contribution in [0.25, 0.3) is 0 Å². The lowest BCUT2D eigenvalue weighted by molar-refractivity contribution is 0.310. The summed E-state index contributed by atoms with van der Waals surface area (Å²) in [5.41, 5.74) is 0.984. The molecule has 0 fully saturated rings. The quantitative estimate of drug-likeness (QED) is 0.878. The van der Waals surface area contributed by atoms with Crippen LogP contribution in [0.15, 0.2) is 36.4 Å². The van der Waals surface area contributed by atoms with E-state index in [4.69, 9.17) is 15.1 Å². The van der Waals surface area contributed by atoms with Crippen molar-refractivity contribution in [2.24, 2.45) is 0 Å². The minimum absolute atomic E-state index is 0.126. The number of benzene rings is 1. The van der Waals surface area contributed by atoms with Crippen molar-refractivity contribution in [2.45, 2.75) is 13.0 Å². The second-order valence-corrected chi connectivity index (χ2v) is 5.16. The van der Waals surface area contributed by atoms with Gasteiger partial charge in [0.2, 0.25) is 0 Å². The largest absolute Gasteiger partial charge is 0.488 e. The molecular weight excluding hydrogens is 270 g/mol. The summed E-state index contributed by atoms with van der Waals surface area (Å²) >= 11 is 1.55. The lowest BCUT2D eigenvalue weighted by Crippen LogP contribution is -1.92. The Morgan fingerprint density at radius 3 is 2.65 bits per heavy atom. The molecule has 100 valence electrons. The van der Waals surface area contributed by atoms with Crippen molar-refractivity contribution >= 4 is 11.3 Å². The zero-order chi connectivity index (χ0) is 14.2. The van der Waals surface area contributed by atoms with E-state index in [2.05, 4.69) is 17.9 Å². The Labute approximate surface area is 122 Å². The van der Waals surface area contributed by atoms with Gasteiger partial charge in [0.05, 0.1) is 17.4 Å². The number of nitrogens with zero attached hydrogens (tertiary/aromatic N) is 1. The molecule has 0 radical (unpaired) electrons. The third kappa shape index (κ3) is 4.13. The van der Waals surface area contributed by atoms with Crippen molar-refractivity contribution in [3.05, 3.63) is 51.7 Å². The highest BCUT2D eigenvalue weighted by Crippen LogP contribution is 2.19. The van der Waals surface area contributed by atoms with E-state index in [-0.39, 0.29) is 6.61 Å². The first-order chi connectivity index (χ1) is 9.81. The summed E-state index contributed by atoms with van der Waals surface area (Å²) in [5.74, 6) is 6.27. The second-order valence-electron chi connectivity index (χ2n) is 3.99. The van der Waals surface area contributed by atoms with Crippen molar-refractivity contribution in [1.82, 2.24) is 0 Å². The maximum absolute atomic E-state index is 8.63. The molecule has 0 aliphatic carbocycles. The van der Waals surface area contributed by atoms with E-state index in [0.29, 0.717) is 13.0 Å². The standard InChI is InChI=1S/C16H13NO2S/c17-10-9-13-3-5-14(6-4-13)19-12-16-8-7-15(20-16)2-1-11-18/h3-8,18H,9,11-12H2. The lowest BCUT2D eigenvalue weighted by atomic mass is 10.2. The van der Waals surface area contributed by atoms with E-state index in [0.717, 1.165) is 21.1 Å². The molecule has 1 aromatic carbocycles. The van der Waals surface area contributed by atoms with Crippen LogP contribution in [0.5, 0.6) is 5.75 Å². The molecule has 1 N–H and O–H groups in total. The Morgan fingerprint density at radius 1 is 1.15 bits per heavy atom. The first-order valence-electron chi connectivity index (χ1n) is 6.09. The minimum Gasteiger partial charge on any atom is -0.488 e. The van der Waals surface area contributed by atoms with Crippen molar-refractivity contribution in [1.29, 1.82) is 5.26 Å². The highest BCUT2D eigenvalue weighted by atomic mass is 32.1. The van der Waals surface area contributed by atoms with Crippen molar-refractivity contribution in [3.63, 3.8) is 0 Å². The second kappa shape index (κ2) is 7.35. The number of aliphatic hydroxyl groups excluding tert-OH is 1.